The lowest BCUT2D eigenvalue weighted by Gasteiger charge is -2.14. The highest BCUT2D eigenvalue weighted by Crippen LogP contribution is 2.39. The first kappa shape index (κ1) is 29.3. The lowest BCUT2D eigenvalue weighted by molar-refractivity contribution is -0.137. The van der Waals surface area contributed by atoms with Gasteiger partial charge in [0.2, 0.25) is 5.91 Å². The van der Waals surface area contributed by atoms with E-state index in [-0.39, 0.29) is 33.7 Å². The van der Waals surface area contributed by atoms with Gasteiger partial charge in [-0.1, -0.05) is 47.5 Å². The van der Waals surface area contributed by atoms with Crippen LogP contribution >= 0.6 is 35.0 Å². The number of ether oxygens (including phenoxy) is 2. The highest BCUT2D eigenvalue weighted by Gasteiger charge is 2.36. The zero-order chi connectivity index (χ0) is 29.0. The topological polar surface area (TPSA) is 84.9 Å². The van der Waals surface area contributed by atoms with E-state index in [1.54, 1.807) is 24.3 Å². The van der Waals surface area contributed by atoms with Crippen LogP contribution < -0.4 is 14.8 Å². The molecule has 3 amide bonds. The molecule has 208 valence electrons. The number of carbonyl (C=O) groups excluding carboxylic acids is 3. The first-order valence-electron chi connectivity index (χ1n) is 11.4. The van der Waals surface area contributed by atoms with Crippen LogP contribution in [0.5, 0.6) is 11.5 Å². The number of carbonyl (C=O) groups is 3. The molecule has 0 radical (unpaired) electrons. The molecule has 0 aromatic heterocycles. The Morgan fingerprint density at radius 3 is 2.50 bits per heavy atom. The molecule has 1 heterocycles. The number of nitrogens with zero attached hydrogens (tertiary/aromatic N) is 1. The van der Waals surface area contributed by atoms with E-state index in [4.69, 9.17) is 32.7 Å². The van der Waals surface area contributed by atoms with E-state index in [1.165, 1.54) is 25.3 Å². The summed E-state index contributed by atoms with van der Waals surface area (Å²) in [6.07, 6.45) is -3.19. The molecule has 1 aliphatic rings. The number of hydrogen-bond acceptors (Lipinski definition) is 6. The Balaban J connectivity index is 1.46. The van der Waals surface area contributed by atoms with E-state index in [0.29, 0.717) is 27.2 Å². The van der Waals surface area contributed by atoms with E-state index in [2.05, 4.69) is 5.32 Å². The molecule has 4 rings (SSSR count). The van der Waals surface area contributed by atoms with Crippen molar-refractivity contribution < 1.29 is 37.0 Å². The van der Waals surface area contributed by atoms with Crippen LogP contribution in [-0.4, -0.2) is 35.6 Å². The molecule has 7 nitrogen and oxygen atoms in total. The van der Waals surface area contributed by atoms with Crippen LogP contribution in [-0.2, 0) is 22.4 Å². The number of imide groups is 1. The smallest absolute Gasteiger partial charge is 0.416 e. The Morgan fingerprint density at radius 1 is 1.05 bits per heavy atom. The Morgan fingerprint density at radius 2 is 1.80 bits per heavy atom. The summed E-state index contributed by atoms with van der Waals surface area (Å²) in [4.78, 5) is 38.5. The predicted molar refractivity (Wildman–Crippen MR) is 147 cm³/mol. The third kappa shape index (κ3) is 6.90. The second-order valence-corrected chi connectivity index (χ2v) is 10.1. The van der Waals surface area contributed by atoms with Crippen LogP contribution in [0.1, 0.15) is 16.7 Å². The summed E-state index contributed by atoms with van der Waals surface area (Å²) in [7, 11) is 1.41. The van der Waals surface area contributed by atoms with Gasteiger partial charge < -0.3 is 14.8 Å². The number of alkyl halides is 3. The van der Waals surface area contributed by atoms with Gasteiger partial charge in [0.15, 0.2) is 11.5 Å². The fraction of sp³-hybridized carbons (Fsp3) is 0.148. The fourth-order valence-electron chi connectivity index (χ4n) is 3.63. The van der Waals surface area contributed by atoms with Gasteiger partial charge in [0.1, 0.15) is 13.2 Å². The molecular weight excluding hydrogens is 592 g/mol. The van der Waals surface area contributed by atoms with Gasteiger partial charge in [0.25, 0.3) is 11.1 Å². The average molecular weight is 611 g/mol. The SMILES string of the molecule is COc1cc(/C=C2\SC(=O)N(CC(=O)Nc3cccc(C(F)(F)F)c3)C2=O)cc(Cl)c1OCc1ccccc1Cl. The van der Waals surface area contributed by atoms with Gasteiger partial charge in [-0.2, -0.15) is 13.2 Å². The van der Waals surface area contributed by atoms with Crippen LogP contribution in [0.15, 0.2) is 65.6 Å². The molecule has 0 saturated carbocycles. The number of benzene rings is 3. The highest BCUT2D eigenvalue weighted by molar-refractivity contribution is 8.18. The Kier molecular flexibility index (Phi) is 8.97. The number of rotatable bonds is 8. The second kappa shape index (κ2) is 12.2. The first-order chi connectivity index (χ1) is 19.0. The minimum atomic E-state index is -4.59. The zero-order valence-electron chi connectivity index (χ0n) is 20.6. The molecule has 0 spiro atoms. The molecule has 3 aromatic rings. The number of halogens is 5. The minimum Gasteiger partial charge on any atom is -0.493 e. The maximum absolute atomic E-state index is 12.9. The third-order valence-electron chi connectivity index (χ3n) is 5.53. The highest BCUT2D eigenvalue weighted by atomic mass is 35.5. The standard InChI is InChI=1S/C27H19Cl2F3N2O5S/c1-38-21-10-15(9-20(29)24(21)39-14-16-5-2-3-8-19(16)28)11-22-25(36)34(26(37)40-22)13-23(35)33-18-7-4-6-17(12-18)27(30,31)32/h2-12H,13-14H2,1H3,(H,33,35)/b22-11-. The predicted octanol–water partition coefficient (Wildman–Crippen LogP) is 7.27. The average Bonchev–Trinajstić information content (AvgIpc) is 3.15. The summed E-state index contributed by atoms with van der Waals surface area (Å²) in [6.45, 7) is -0.562. The van der Waals surface area contributed by atoms with Crippen molar-refractivity contribution in [2.24, 2.45) is 0 Å². The number of nitrogens with one attached hydrogen (secondary N) is 1. The normalized spacial score (nSPS) is 14.6. The Labute approximate surface area is 240 Å². The van der Waals surface area contributed by atoms with Gasteiger partial charge in [-0.3, -0.25) is 19.3 Å². The third-order valence-corrected chi connectivity index (χ3v) is 7.09. The van der Waals surface area contributed by atoms with Gasteiger partial charge in [-0.15, -0.1) is 0 Å². The van der Waals surface area contributed by atoms with Crippen LogP contribution in [0, 0.1) is 0 Å². The molecule has 40 heavy (non-hydrogen) atoms. The van der Waals surface area contributed by atoms with Crippen molar-refractivity contribution >= 4 is 63.8 Å². The summed E-state index contributed by atoms with van der Waals surface area (Å²) in [6, 6.07) is 14.2. The van der Waals surface area contributed by atoms with Crippen molar-refractivity contribution in [2.75, 3.05) is 19.0 Å². The van der Waals surface area contributed by atoms with E-state index < -0.39 is 35.3 Å². The lowest BCUT2D eigenvalue weighted by atomic mass is 10.1. The number of thioether (sulfide) groups is 1. The van der Waals surface area contributed by atoms with E-state index in [0.717, 1.165) is 23.8 Å². The van der Waals surface area contributed by atoms with E-state index >= 15 is 0 Å². The van der Waals surface area contributed by atoms with Crippen molar-refractivity contribution in [1.82, 2.24) is 4.90 Å². The second-order valence-electron chi connectivity index (χ2n) is 8.31. The lowest BCUT2D eigenvalue weighted by Crippen LogP contribution is -2.36. The Bertz CT molecular complexity index is 1510. The molecule has 0 atom stereocenters. The molecule has 13 heteroatoms. The molecule has 1 saturated heterocycles. The van der Waals surface area contributed by atoms with Crippen LogP contribution in [0.3, 0.4) is 0 Å². The zero-order valence-corrected chi connectivity index (χ0v) is 22.9. The van der Waals surface area contributed by atoms with Crippen molar-refractivity contribution in [3.8, 4) is 11.5 Å². The largest absolute Gasteiger partial charge is 0.493 e. The number of methoxy groups -OCH3 is 1. The maximum Gasteiger partial charge on any atom is 0.416 e. The molecular formula is C27H19Cl2F3N2O5S. The molecule has 1 fully saturated rings. The van der Waals surface area contributed by atoms with E-state index in [1.807, 2.05) is 6.07 Å². The number of hydrogen-bond donors (Lipinski definition) is 1. The summed E-state index contributed by atoms with van der Waals surface area (Å²) >= 11 is 13.2. The minimum absolute atomic E-state index is 0.0136. The molecule has 0 bridgehead atoms. The van der Waals surface area contributed by atoms with Crippen LogP contribution in [0.25, 0.3) is 6.08 Å². The van der Waals surface area contributed by atoms with Crippen LogP contribution in [0.2, 0.25) is 10.0 Å². The summed E-state index contributed by atoms with van der Waals surface area (Å²) in [5.41, 5.74) is 0.0812. The van der Waals surface area contributed by atoms with Crippen molar-refractivity contribution in [3.05, 3.63) is 92.3 Å². The van der Waals surface area contributed by atoms with Crippen molar-refractivity contribution in [3.63, 3.8) is 0 Å². The quantitative estimate of drug-likeness (QED) is 0.270. The summed E-state index contributed by atoms with van der Waals surface area (Å²) < 4.78 is 50.0. The molecule has 1 aliphatic heterocycles. The Hall–Kier alpha value is -3.67. The van der Waals surface area contributed by atoms with Crippen molar-refractivity contribution in [1.29, 1.82) is 0 Å². The summed E-state index contributed by atoms with van der Waals surface area (Å²) in [5, 5.41) is 2.26. The van der Waals surface area contributed by atoms with Gasteiger partial charge >= 0.3 is 6.18 Å². The monoisotopic (exact) mass is 610 g/mol. The van der Waals surface area contributed by atoms with Crippen LogP contribution in [0.4, 0.5) is 23.7 Å². The van der Waals surface area contributed by atoms with E-state index in [9.17, 15) is 27.6 Å². The number of amides is 3. The maximum atomic E-state index is 12.9. The first-order valence-corrected chi connectivity index (χ1v) is 13.0. The molecule has 1 N–H and O–H groups in total. The fourth-order valence-corrected chi connectivity index (χ4v) is 4.94. The molecule has 0 aliphatic carbocycles. The van der Waals surface area contributed by atoms with Crippen molar-refractivity contribution in [2.45, 2.75) is 12.8 Å². The van der Waals surface area contributed by atoms with Gasteiger partial charge in [0, 0.05) is 16.3 Å². The van der Waals surface area contributed by atoms with Gasteiger partial charge in [0.05, 0.1) is 22.6 Å². The molecule has 0 unspecified atom stereocenters. The van der Waals surface area contributed by atoms with Gasteiger partial charge in [-0.25, -0.2) is 0 Å². The van der Waals surface area contributed by atoms with Gasteiger partial charge in [-0.05, 0) is 59.8 Å². The summed E-state index contributed by atoms with van der Waals surface area (Å²) in [5.74, 6) is -1.07. The number of anilines is 1. The molecule has 3 aromatic carbocycles.